The number of carbonyl (C=O) groups excluding carboxylic acids is 3. The third kappa shape index (κ3) is 3.49. The van der Waals surface area contributed by atoms with Crippen molar-refractivity contribution in [2.45, 2.75) is 52.5 Å². The van der Waals surface area contributed by atoms with Crippen LogP contribution in [0.4, 0.5) is 0 Å². The minimum Gasteiger partial charge on any atom is -0.466 e. The Morgan fingerprint density at radius 3 is 2.10 bits per heavy atom. The van der Waals surface area contributed by atoms with Crippen LogP contribution in [0.3, 0.4) is 0 Å². The van der Waals surface area contributed by atoms with Crippen molar-refractivity contribution in [1.82, 2.24) is 5.32 Å². The summed E-state index contributed by atoms with van der Waals surface area (Å²) in [5, 5.41) is 2.80. The molecule has 6 nitrogen and oxygen atoms in total. The number of esters is 2. The second kappa shape index (κ2) is 6.24. The fourth-order valence-electron chi connectivity index (χ4n) is 2.19. The summed E-state index contributed by atoms with van der Waals surface area (Å²) in [4.78, 5) is 35.1. The minimum atomic E-state index is -0.812. The van der Waals surface area contributed by atoms with E-state index in [4.69, 9.17) is 9.47 Å². The van der Waals surface area contributed by atoms with Crippen LogP contribution in [0.5, 0.6) is 0 Å². The zero-order valence-electron chi connectivity index (χ0n) is 12.6. The van der Waals surface area contributed by atoms with Gasteiger partial charge >= 0.3 is 11.9 Å². The van der Waals surface area contributed by atoms with Crippen molar-refractivity contribution in [3.05, 3.63) is 0 Å². The highest BCUT2D eigenvalue weighted by Gasteiger charge is 2.59. The largest absolute Gasteiger partial charge is 0.466 e. The van der Waals surface area contributed by atoms with Gasteiger partial charge in [0.1, 0.15) is 6.42 Å². The molecule has 0 aromatic rings. The summed E-state index contributed by atoms with van der Waals surface area (Å²) in [6.07, 6.45) is 1.08. The highest BCUT2D eigenvalue weighted by atomic mass is 16.5. The first-order valence-electron chi connectivity index (χ1n) is 6.93. The van der Waals surface area contributed by atoms with Gasteiger partial charge in [0.05, 0.1) is 24.2 Å². The van der Waals surface area contributed by atoms with E-state index in [0.29, 0.717) is 19.4 Å². The van der Waals surface area contributed by atoms with Gasteiger partial charge in [-0.25, -0.2) is 0 Å². The Morgan fingerprint density at radius 2 is 1.65 bits per heavy atom. The van der Waals surface area contributed by atoms with E-state index in [1.54, 1.807) is 27.7 Å². The predicted molar refractivity (Wildman–Crippen MR) is 71.8 cm³/mol. The van der Waals surface area contributed by atoms with Crippen LogP contribution in [0.1, 0.15) is 47.0 Å². The van der Waals surface area contributed by atoms with Gasteiger partial charge in [-0.1, -0.05) is 0 Å². The van der Waals surface area contributed by atoms with Gasteiger partial charge in [0.2, 0.25) is 5.91 Å². The highest BCUT2D eigenvalue weighted by Crippen LogP contribution is 2.50. The maximum absolute atomic E-state index is 12.0. The molecule has 0 spiro atoms. The molecule has 0 unspecified atom stereocenters. The third-order valence-corrected chi connectivity index (χ3v) is 3.72. The first kappa shape index (κ1) is 16.5. The second-order valence-corrected chi connectivity index (χ2v) is 5.46. The molecule has 0 radical (unpaired) electrons. The van der Waals surface area contributed by atoms with Crippen molar-refractivity contribution >= 4 is 17.8 Å². The number of carbonyl (C=O) groups is 3. The van der Waals surface area contributed by atoms with Crippen molar-refractivity contribution in [2.24, 2.45) is 5.41 Å². The van der Waals surface area contributed by atoms with Crippen LogP contribution < -0.4 is 5.32 Å². The third-order valence-electron chi connectivity index (χ3n) is 3.72. The molecule has 1 saturated carbocycles. The lowest BCUT2D eigenvalue weighted by Gasteiger charge is -2.33. The van der Waals surface area contributed by atoms with Gasteiger partial charge in [0, 0.05) is 0 Å². The van der Waals surface area contributed by atoms with Crippen molar-refractivity contribution < 1.29 is 23.9 Å². The zero-order valence-corrected chi connectivity index (χ0v) is 12.6. The molecular formula is C14H23NO5. The fraction of sp³-hybridized carbons (Fsp3) is 0.786. The summed E-state index contributed by atoms with van der Waals surface area (Å²) in [6.45, 7) is 7.47. The number of nitrogens with one attached hydrogen (secondary N) is 1. The minimum absolute atomic E-state index is 0.242. The molecular weight excluding hydrogens is 262 g/mol. The van der Waals surface area contributed by atoms with Crippen molar-refractivity contribution in [3.8, 4) is 0 Å². The number of amides is 1. The Bertz CT molecular complexity index is 398. The molecule has 1 N–H and O–H groups in total. The van der Waals surface area contributed by atoms with E-state index < -0.39 is 22.8 Å². The van der Waals surface area contributed by atoms with E-state index in [1.807, 2.05) is 0 Å². The molecule has 20 heavy (non-hydrogen) atoms. The standard InChI is InChI=1S/C14H23NO5/c1-5-19-11(17)9-10(16)15-14(7-8-14)13(3,4)12(18)20-6-2/h5-9H2,1-4H3,(H,15,16). The Morgan fingerprint density at radius 1 is 1.10 bits per heavy atom. The van der Waals surface area contributed by atoms with Gasteiger partial charge in [-0.15, -0.1) is 0 Å². The molecule has 6 heteroatoms. The van der Waals surface area contributed by atoms with Gasteiger partial charge in [0.15, 0.2) is 0 Å². The SMILES string of the molecule is CCOC(=O)CC(=O)NC1(C(C)(C)C(=O)OCC)CC1. The van der Waals surface area contributed by atoms with Gasteiger partial charge in [0.25, 0.3) is 0 Å². The summed E-state index contributed by atoms with van der Waals surface area (Å²) < 4.78 is 9.78. The average molecular weight is 285 g/mol. The van der Waals surface area contributed by atoms with Gasteiger partial charge in [-0.3, -0.25) is 14.4 Å². The Balaban J connectivity index is 2.64. The smallest absolute Gasteiger partial charge is 0.315 e. The fourth-order valence-corrected chi connectivity index (χ4v) is 2.19. The Labute approximate surface area is 119 Å². The van der Waals surface area contributed by atoms with E-state index in [2.05, 4.69) is 5.32 Å². The first-order chi connectivity index (χ1) is 9.29. The zero-order chi connectivity index (χ0) is 15.4. The molecule has 1 fully saturated rings. The Hall–Kier alpha value is -1.59. The molecule has 0 atom stereocenters. The number of hydrogen-bond donors (Lipinski definition) is 1. The predicted octanol–water partition coefficient (Wildman–Crippen LogP) is 1.18. The van der Waals surface area contributed by atoms with Crippen LogP contribution in [-0.4, -0.2) is 36.6 Å². The van der Waals surface area contributed by atoms with E-state index in [0.717, 1.165) is 0 Å². The number of ether oxygens (including phenoxy) is 2. The molecule has 0 aliphatic heterocycles. The number of hydrogen-bond acceptors (Lipinski definition) is 5. The topological polar surface area (TPSA) is 81.7 Å². The van der Waals surface area contributed by atoms with Crippen LogP contribution in [0.15, 0.2) is 0 Å². The molecule has 1 amide bonds. The van der Waals surface area contributed by atoms with Crippen molar-refractivity contribution in [1.29, 1.82) is 0 Å². The molecule has 0 bridgehead atoms. The lowest BCUT2D eigenvalue weighted by atomic mass is 9.81. The first-order valence-corrected chi connectivity index (χ1v) is 6.93. The van der Waals surface area contributed by atoms with Crippen LogP contribution in [-0.2, 0) is 23.9 Å². The molecule has 0 saturated heterocycles. The quantitative estimate of drug-likeness (QED) is 0.561. The molecule has 0 heterocycles. The van der Waals surface area contributed by atoms with Crippen LogP contribution in [0.2, 0.25) is 0 Å². The number of rotatable bonds is 7. The maximum atomic E-state index is 12.0. The normalized spacial score (nSPS) is 16.2. The maximum Gasteiger partial charge on any atom is 0.315 e. The van der Waals surface area contributed by atoms with E-state index in [-0.39, 0.29) is 19.0 Å². The lowest BCUT2D eigenvalue weighted by molar-refractivity contribution is -0.156. The molecule has 114 valence electrons. The molecule has 0 aromatic heterocycles. The van der Waals surface area contributed by atoms with Crippen LogP contribution in [0, 0.1) is 5.41 Å². The van der Waals surface area contributed by atoms with E-state index in [1.165, 1.54) is 0 Å². The van der Waals surface area contributed by atoms with Gasteiger partial charge in [-0.05, 0) is 40.5 Å². The monoisotopic (exact) mass is 285 g/mol. The summed E-state index contributed by atoms with van der Waals surface area (Å²) in [7, 11) is 0. The van der Waals surface area contributed by atoms with Crippen LogP contribution >= 0.6 is 0 Å². The van der Waals surface area contributed by atoms with Crippen molar-refractivity contribution in [3.63, 3.8) is 0 Å². The van der Waals surface area contributed by atoms with Gasteiger partial charge in [-0.2, -0.15) is 0 Å². The van der Waals surface area contributed by atoms with E-state index in [9.17, 15) is 14.4 Å². The summed E-state index contributed by atoms with van der Waals surface area (Å²) >= 11 is 0. The summed E-state index contributed by atoms with van der Waals surface area (Å²) in [6, 6.07) is 0. The van der Waals surface area contributed by atoms with Gasteiger partial charge < -0.3 is 14.8 Å². The second-order valence-electron chi connectivity index (χ2n) is 5.46. The summed E-state index contributed by atoms with van der Waals surface area (Å²) in [5.74, 6) is -1.32. The van der Waals surface area contributed by atoms with Crippen LogP contribution in [0.25, 0.3) is 0 Å². The van der Waals surface area contributed by atoms with E-state index >= 15 is 0 Å². The lowest BCUT2D eigenvalue weighted by Crippen LogP contribution is -2.52. The summed E-state index contributed by atoms with van der Waals surface area (Å²) in [5.41, 5.74) is -1.42. The molecule has 1 rings (SSSR count). The molecule has 1 aliphatic carbocycles. The average Bonchev–Trinajstić information content (AvgIpc) is 3.10. The Kier molecular flexibility index (Phi) is 5.14. The molecule has 1 aliphatic rings. The molecule has 0 aromatic carbocycles. The highest BCUT2D eigenvalue weighted by molar-refractivity contribution is 5.95. The van der Waals surface area contributed by atoms with Crippen molar-refractivity contribution in [2.75, 3.05) is 13.2 Å².